The Morgan fingerprint density at radius 2 is 2.00 bits per heavy atom. The van der Waals surface area contributed by atoms with Crippen LogP contribution in [0.4, 0.5) is 13.2 Å². The minimum Gasteiger partial charge on any atom is -0.330 e. The Labute approximate surface area is 91.7 Å². The highest BCUT2D eigenvalue weighted by molar-refractivity contribution is 5.19. The Balaban J connectivity index is 2.08. The van der Waals surface area contributed by atoms with Gasteiger partial charge in [-0.05, 0) is 42.9 Å². The Morgan fingerprint density at radius 1 is 1.31 bits per heavy atom. The van der Waals surface area contributed by atoms with Crippen molar-refractivity contribution < 1.29 is 13.2 Å². The monoisotopic (exact) mass is 230 g/mol. The molecular weight excluding hydrogens is 217 g/mol. The van der Waals surface area contributed by atoms with Gasteiger partial charge in [0.05, 0.1) is 0 Å². The predicted octanol–water partition coefficient (Wildman–Crippen LogP) is 2.38. The number of alkyl halides is 3. The summed E-state index contributed by atoms with van der Waals surface area (Å²) in [5.41, 5.74) is 5.73. The molecule has 0 amide bonds. The zero-order valence-corrected chi connectivity index (χ0v) is 8.72. The molecule has 0 unspecified atom stereocenters. The van der Waals surface area contributed by atoms with Gasteiger partial charge in [0, 0.05) is 6.20 Å². The van der Waals surface area contributed by atoms with E-state index in [0.29, 0.717) is 6.54 Å². The van der Waals surface area contributed by atoms with Gasteiger partial charge in [-0.15, -0.1) is 0 Å². The minimum absolute atomic E-state index is 0.126. The molecule has 0 spiro atoms. The van der Waals surface area contributed by atoms with Gasteiger partial charge in [0.1, 0.15) is 5.69 Å². The summed E-state index contributed by atoms with van der Waals surface area (Å²) < 4.78 is 36.8. The fraction of sp³-hybridized carbons (Fsp3) is 0.545. The first kappa shape index (κ1) is 11.4. The van der Waals surface area contributed by atoms with Crippen molar-refractivity contribution in [1.82, 2.24) is 4.98 Å². The molecule has 88 valence electrons. The Kier molecular flexibility index (Phi) is 2.66. The second-order valence-electron chi connectivity index (χ2n) is 4.43. The Morgan fingerprint density at radius 3 is 2.38 bits per heavy atom. The van der Waals surface area contributed by atoms with Crippen molar-refractivity contribution in [1.29, 1.82) is 0 Å². The van der Waals surface area contributed by atoms with E-state index in [1.807, 2.05) is 0 Å². The largest absolute Gasteiger partial charge is 0.433 e. The van der Waals surface area contributed by atoms with Crippen molar-refractivity contribution in [3.8, 4) is 0 Å². The Hall–Kier alpha value is -1.10. The van der Waals surface area contributed by atoms with Gasteiger partial charge < -0.3 is 5.73 Å². The molecule has 0 saturated heterocycles. The lowest BCUT2D eigenvalue weighted by atomic mass is 9.98. The average Bonchev–Trinajstić information content (AvgIpc) is 2.98. The Bertz CT molecular complexity index is 366. The van der Waals surface area contributed by atoms with Gasteiger partial charge in [-0.2, -0.15) is 13.2 Å². The van der Waals surface area contributed by atoms with Crippen molar-refractivity contribution in [3.05, 3.63) is 29.6 Å². The first-order chi connectivity index (χ1) is 7.45. The lowest BCUT2D eigenvalue weighted by Crippen LogP contribution is -2.18. The highest BCUT2D eigenvalue weighted by atomic mass is 19.4. The zero-order valence-electron chi connectivity index (χ0n) is 8.72. The third kappa shape index (κ3) is 2.35. The van der Waals surface area contributed by atoms with E-state index in [1.165, 1.54) is 12.3 Å². The van der Waals surface area contributed by atoms with Crippen LogP contribution in [-0.4, -0.2) is 11.5 Å². The van der Waals surface area contributed by atoms with Gasteiger partial charge in [-0.3, -0.25) is 4.98 Å². The number of rotatable bonds is 3. The van der Waals surface area contributed by atoms with Crippen LogP contribution in [0, 0.1) is 5.41 Å². The molecule has 1 heterocycles. The number of nitrogens with two attached hydrogens (primary N) is 1. The highest BCUT2D eigenvalue weighted by Gasteiger charge is 2.41. The molecule has 2 rings (SSSR count). The van der Waals surface area contributed by atoms with E-state index in [2.05, 4.69) is 4.98 Å². The molecule has 1 fully saturated rings. The zero-order chi connectivity index (χ0) is 11.8. The maximum atomic E-state index is 12.3. The molecule has 0 aromatic carbocycles. The van der Waals surface area contributed by atoms with Crippen molar-refractivity contribution in [3.63, 3.8) is 0 Å². The van der Waals surface area contributed by atoms with Crippen LogP contribution in [0.3, 0.4) is 0 Å². The summed E-state index contributed by atoms with van der Waals surface area (Å²) in [5.74, 6) is 0. The van der Waals surface area contributed by atoms with E-state index in [9.17, 15) is 13.2 Å². The second-order valence-corrected chi connectivity index (χ2v) is 4.43. The molecule has 1 aromatic heterocycles. The van der Waals surface area contributed by atoms with Crippen LogP contribution in [0.15, 0.2) is 18.3 Å². The molecule has 1 aliphatic carbocycles. The van der Waals surface area contributed by atoms with Gasteiger partial charge >= 0.3 is 6.18 Å². The number of nitrogens with zero attached hydrogens (tertiary/aromatic N) is 1. The molecule has 2 nitrogen and oxygen atoms in total. The van der Waals surface area contributed by atoms with Gasteiger partial charge in [-0.1, -0.05) is 6.07 Å². The van der Waals surface area contributed by atoms with Gasteiger partial charge in [0.25, 0.3) is 0 Å². The lowest BCUT2D eigenvalue weighted by molar-refractivity contribution is -0.141. The summed E-state index contributed by atoms with van der Waals surface area (Å²) >= 11 is 0. The van der Waals surface area contributed by atoms with Gasteiger partial charge in [0.15, 0.2) is 0 Å². The summed E-state index contributed by atoms with van der Waals surface area (Å²) in [6, 6.07) is 2.52. The first-order valence-corrected chi connectivity index (χ1v) is 5.17. The minimum atomic E-state index is -4.36. The second kappa shape index (κ2) is 3.73. The first-order valence-electron chi connectivity index (χ1n) is 5.17. The number of pyridine rings is 1. The van der Waals surface area contributed by atoms with Crippen molar-refractivity contribution >= 4 is 0 Å². The maximum Gasteiger partial charge on any atom is 0.433 e. The summed E-state index contributed by atoms with van der Waals surface area (Å²) in [4.78, 5) is 3.43. The van der Waals surface area contributed by atoms with Crippen molar-refractivity contribution in [2.24, 2.45) is 11.1 Å². The molecule has 16 heavy (non-hydrogen) atoms. The van der Waals surface area contributed by atoms with Gasteiger partial charge in [-0.25, -0.2) is 0 Å². The van der Waals surface area contributed by atoms with Crippen LogP contribution in [0.1, 0.15) is 24.1 Å². The highest BCUT2D eigenvalue weighted by Crippen LogP contribution is 2.47. The van der Waals surface area contributed by atoms with E-state index >= 15 is 0 Å². The smallest absolute Gasteiger partial charge is 0.330 e. The van der Waals surface area contributed by atoms with E-state index in [0.717, 1.165) is 30.9 Å². The molecule has 1 aliphatic rings. The quantitative estimate of drug-likeness (QED) is 0.865. The van der Waals surface area contributed by atoms with E-state index in [-0.39, 0.29) is 5.41 Å². The summed E-state index contributed by atoms with van der Waals surface area (Å²) in [5, 5.41) is 0. The van der Waals surface area contributed by atoms with Crippen LogP contribution in [0.5, 0.6) is 0 Å². The molecule has 1 saturated carbocycles. The summed E-state index contributed by atoms with van der Waals surface area (Å²) in [6.07, 6.45) is -0.202. The third-order valence-corrected chi connectivity index (χ3v) is 3.08. The molecule has 2 N–H and O–H groups in total. The fourth-order valence-corrected chi connectivity index (χ4v) is 1.76. The van der Waals surface area contributed by atoms with Crippen LogP contribution in [0.2, 0.25) is 0 Å². The van der Waals surface area contributed by atoms with Crippen LogP contribution in [0.25, 0.3) is 0 Å². The maximum absolute atomic E-state index is 12.3. The molecule has 1 aromatic rings. The van der Waals surface area contributed by atoms with Crippen molar-refractivity contribution in [2.75, 3.05) is 6.54 Å². The normalized spacial score (nSPS) is 18.5. The molecule has 0 aliphatic heterocycles. The molecule has 5 heteroatoms. The number of halogens is 3. The SMILES string of the molecule is NCC1(Cc2ccc(C(F)(F)F)nc2)CC1. The van der Waals surface area contributed by atoms with E-state index < -0.39 is 11.9 Å². The molecule has 0 radical (unpaired) electrons. The van der Waals surface area contributed by atoms with Crippen LogP contribution in [-0.2, 0) is 12.6 Å². The number of hydrogen-bond acceptors (Lipinski definition) is 2. The van der Waals surface area contributed by atoms with E-state index in [1.54, 1.807) is 0 Å². The number of hydrogen-bond donors (Lipinski definition) is 1. The third-order valence-electron chi connectivity index (χ3n) is 3.08. The van der Waals surface area contributed by atoms with Gasteiger partial charge in [0.2, 0.25) is 0 Å². The molecule has 0 atom stereocenters. The lowest BCUT2D eigenvalue weighted by Gasteiger charge is -2.12. The standard InChI is InChI=1S/C11H13F3N2/c12-11(13,14)9-2-1-8(6-16-9)5-10(7-15)3-4-10/h1-2,6H,3-5,7,15H2. The summed E-state index contributed by atoms with van der Waals surface area (Å²) in [6.45, 7) is 0.591. The van der Waals surface area contributed by atoms with Crippen LogP contribution < -0.4 is 5.73 Å². The fourth-order valence-electron chi connectivity index (χ4n) is 1.76. The van der Waals surface area contributed by atoms with Crippen molar-refractivity contribution in [2.45, 2.75) is 25.4 Å². The molecule has 0 bridgehead atoms. The predicted molar refractivity (Wildman–Crippen MR) is 53.7 cm³/mol. The average molecular weight is 230 g/mol. The van der Waals surface area contributed by atoms with Crippen LogP contribution >= 0.6 is 0 Å². The summed E-state index contributed by atoms with van der Waals surface area (Å²) in [7, 11) is 0. The molecular formula is C11H13F3N2. The topological polar surface area (TPSA) is 38.9 Å². The number of aromatic nitrogens is 1. The van der Waals surface area contributed by atoms with E-state index in [4.69, 9.17) is 5.73 Å².